The molecular weight excluding hydrogens is 614 g/mol. The number of halogens is 1. The van der Waals surface area contributed by atoms with Gasteiger partial charge < -0.3 is 19.6 Å². The molecule has 0 unspecified atom stereocenters. The van der Waals surface area contributed by atoms with Crippen LogP contribution in [0.4, 0.5) is 4.79 Å². The van der Waals surface area contributed by atoms with Gasteiger partial charge in [0.1, 0.15) is 6.61 Å². The van der Waals surface area contributed by atoms with E-state index < -0.39 is 16.0 Å². The number of rotatable bonds is 14. The van der Waals surface area contributed by atoms with E-state index in [1.807, 2.05) is 31.2 Å². The summed E-state index contributed by atoms with van der Waals surface area (Å²) in [7, 11) is -2.02. The molecule has 3 aromatic rings. The fourth-order valence-electron chi connectivity index (χ4n) is 5.78. The van der Waals surface area contributed by atoms with Crippen LogP contribution < -0.4 is 0 Å². The lowest BCUT2D eigenvalue weighted by molar-refractivity contribution is 0.0601. The van der Waals surface area contributed by atoms with Gasteiger partial charge in [0.25, 0.3) is 0 Å². The molecule has 1 aliphatic heterocycles. The van der Waals surface area contributed by atoms with Crippen LogP contribution in [-0.4, -0.2) is 85.5 Å². The second-order valence-electron chi connectivity index (χ2n) is 11.5. The number of hydrogen-bond donors (Lipinski definition) is 1. The van der Waals surface area contributed by atoms with Crippen LogP contribution in [0.5, 0.6) is 0 Å². The van der Waals surface area contributed by atoms with Crippen molar-refractivity contribution in [2.75, 3.05) is 39.8 Å². The van der Waals surface area contributed by atoms with Crippen LogP contribution in [-0.2, 0) is 21.4 Å². The third kappa shape index (κ3) is 9.53. The van der Waals surface area contributed by atoms with Crippen molar-refractivity contribution in [3.8, 4) is 0 Å². The summed E-state index contributed by atoms with van der Waals surface area (Å²) >= 11 is 6.33. The van der Waals surface area contributed by atoms with Gasteiger partial charge in [0.15, 0.2) is 0 Å². The number of hydrogen-bond acceptors (Lipinski definition) is 6. The molecule has 0 bridgehead atoms. The number of sulfonamides is 1. The topological polar surface area (TPSA) is 107 Å². The number of carbonyl (C=O) groups is 2. The van der Waals surface area contributed by atoms with Gasteiger partial charge in [-0.3, -0.25) is 0 Å². The second-order valence-corrected chi connectivity index (χ2v) is 13.9. The lowest BCUT2D eigenvalue weighted by atomic mass is 9.94. The molecule has 1 aliphatic rings. The number of piperidine rings is 1. The van der Waals surface area contributed by atoms with E-state index in [2.05, 4.69) is 4.90 Å². The first-order valence-electron chi connectivity index (χ1n) is 15.3. The largest absolute Gasteiger partial charge is 0.478 e. The van der Waals surface area contributed by atoms with Crippen LogP contribution in [0, 0.1) is 0 Å². The van der Waals surface area contributed by atoms with Gasteiger partial charge in [-0.2, -0.15) is 0 Å². The first kappa shape index (κ1) is 34.4. The Hall–Kier alpha value is -3.44. The van der Waals surface area contributed by atoms with E-state index in [-0.39, 0.29) is 35.1 Å². The Morgan fingerprint density at radius 1 is 1.02 bits per heavy atom. The van der Waals surface area contributed by atoms with E-state index in [0.29, 0.717) is 23.7 Å². The van der Waals surface area contributed by atoms with Crippen molar-refractivity contribution in [3.63, 3.8) is 0 Å². The van der Waals surface area contributed by atoms with Crippen LogP contribution in [0.3, 0.4) is 0 Å². The maximum absolute atomic E-state index is 13.3. The Kier molecular flexibility index (Phi) is 12.4. The molecule has 0 saturated carbocycles. The molecule has 3 aromatic carbocycles. The first-order chi connectivity index (χ1) is 21.6. The monoisotopic (exact) mass is 655 g/mol. The molecule has 0 spiro atoms. The number of likely N-dealkylation sites (N-methyl/N-ethyl adjacent to an activating group) is 1. The summed E-state index contributed by atoms with van der Waals surface area (Å²) in [6.07, 6.45) is 2.75. The molecule has 0 aliphatic carbocycles. The van der Waals surface area contributed by atoms with Crippen molar-refractivity contribution >= 4 is 33.7 Å². The smallest absolute Gasteiger partial charge is 0.410 e. The van der Waals surface area contributed by atoms with E-state index in [0.717, 1.165) is 50.9 Å². The van der Waals surface area contributed by atoms with Gasteiger partial charge in [0.05, 0.1) is 10.5 Å². The van der Waals surface area contributed by atoms with E-state index >= 15 is 0 Å². The molecule has 242 valence electrons. The summed E-state index contributed by atoms with van der Waals surface area (Å²) in [4.78, 5) is 28.8. The van der Waals surface area contributed by atoms with E-state index in [9.17, 15) is 23.1 Å². The van der Waals surface area contributed by atoms with E-state index in [1.54, 1.807) is 54.4 Å². The summed E-state index contributed by atoms with van der Waals surface area (Å²) < 4.78 is 33.6. The van der Waals surface area contributed by atoms with Gasteiger partial charge >= 0.3 is 12.1 Å². The van der Waals surface area contributed by atoms with Crippen LogP contribution in [0.25, 0.3) is 0 Å². The molecule has 45 heavy (non-hydrogen) atoms. The van der Waals surface area contributed by atoms with Gasteiger partial charge in [-0.1, -0.05) is 61.0 Å². The van der Waals surface area contributed by atoms with Crippen LogP contribution in [0.15, 0.2) is 83.8 Å². The highest BCUT2D eigenvalue weighted by atomic mass is 35.5. The molecule has 1 N–H and O–H groups in total. The standard InChI is InChI=1S/C34H42ClN3O6S/c1-3-18-38(34(41)44-25-26-9-7-11-28(22-26)33(39)40)31-16-20-37(21-17-31)19-15-29(27-10-8-12-30(35)23-27)24-36(2)45(42,43)32-13-5-4-6-14-32/h4-14,22-23,29,31H,3,15-21,24-25H2,1-2H3,(H,39,40)/t29-/m1/s1. The Morgan fingerprint density at radius 3 is 2.40 bits per heavy atom. The van der Waals surface area contributed by atoms with Gasteiger partial charge in [0, 0.05) is 44.3 Å². The number of ether oxygens (including phenoxy) is 1. The minimum absolute atomic E-state index is 0.0122. The fourth-order valence-corrected chi connectivity index (χ4v) is 7.22. The van der Waals surface area contributed by atoms with Crippen LogP contribution in [0.1, 0.15) is 60.0 Å². The minimum Gasteiger partial charge on any atom is -0.478 e. The number of carboxylic acid groups (broad SMARTS) is 1. The van der Waals surface area contributed by atoms with Crippen molar-refractivity contribution in [1.82, 2.24) is 14.1 Å². The Balaban J connectivity index is 1.35. The summed E-state index contributed by atoms with van der Waals surface area (Å²) in [6.45, 7) is 5.33. The Morgan fingerprint density at radius 2 is 1.73 bits per heavy atom. The molecule has 4 rings (SSSR count). The van der Waals surface area contributed by atoms with Gasteiger partial charge in [-0.05, 0) is 85.7 Å². The predicted molar refractivity (Wildman–Crippen MR) is 175 cm³/mol. The predicted octanol–water partition coefficient (Wildman–Crippen LogP) is 6.35. The molecular formula is C34H42ClN3O6S. The fraction of sp³-hybridized carbons (Fsp3) is 0.412. The van der Waals surface area contributed by atoms with Crippen molar-refractivity contribution < 1.29 is 27.9 Å². The number of amides is 1. The Labute approximate surface area is 271 Å². The molecule has 0 radical (unpaired) electrons. The normalized spacial score (nSPS) is 15.1. The van der Waals surface area contributed by atoms with Crippen molar-refractivity contribution in [2.45, 2.75) is 56.1 Å². The van der Waals surface area contributed by atoms with Crippen LogP contribution >= 0.6 is 11.6 Å². The highest BCUT2D eigenvalue weighted by Crippen LogP contribution is 2.27. The van der Waals surface area contributed by atoms with Gasteiger partial charge in [-0.25, -0.2) is 22.3 Å². The average molecular weight is 656 g/mol. The summed E-state index contributed by atoms with van der Waals surface area (Å²) in [6, 6.07) is 22.5. The SMILES string of the molecule is CCCN(C(=O)OCc1cccc(C(=O)O)c1)C1CCN(CC[C@H](CN(C)S(=O)(=O)c2ccccc2)c2cccc(Cl)c2)CC1. The van der Waals surface area contributed by atoms with Gasteiger partial charge in [0.2, 0.25) is 10.0 Å². The van der Waals surface area contributed by atoms with E-state index in [1.165, 1.54) is 16.4 Å². The highest BCUT2D eigenvalue weighted by Gasteiger charge is 2.30. The molecule has 1 atom stereocenters. The quantitative estimate of drug-likeness (QED) is 0.216. The molecule has 1 amide bonds. The molecule has 9 nitrogen and oxygen atoms in total. The third-order valence-electron chi connectivity index (χ3n) is 8.28. The summed E-state index contributed by atoms with van der Waals surface area (Å²) in [5.41, 5.74) is 1.78. The highest BCUT2D eigenvalue weighted by molar-refractivity contribution is 7.89. The molecule has 1 fully saturated rings. The summed E-state index contributed by atoms with van der Waals surface area (Å²) in [5, 5.41) is 9.85. The average Bonchev–Trinajstić information content (AvgIpc) is 3.05. The lowest BCUT2D eigenvalue weighted by Crippen LogP contribution is -2.48. The van der Waals surface area contributed by atoms with Crippen molar-refractivity contribution in [1.29, 1.82) is 0 Å². The van der Waals surface area contributed by atoms with E-state index in [4.69, 9.17) is 16.3 Å². The number of nitrogens with zero attached hydrogens (tertiary/aromatic N) is 3. The zero-order valence-electron chi connectivity index (χ0n) is 25.8. The first-order valence-corrected chi connectivity index (χ1v) is 17.1. The molecule has 1 heterocycles. The maximum atomic E-state index is 13.3. The number of benzene rings is 3. The Bertz CT molecular complexity index is 1530. The van der Waals surface area contributed by atoms with Crippen molar-refractivity contribution in [2.24, 2.45) is 0 Å². The number of aromatic carboxylic acids is 1. The summed E-state index contributed by atoms with van der Waals surface area (Å²) in [5.74, 6) is -1.08. The number of likely N-dealkylation sites (tertiary alicyclic amines) is 1. The lowest BCUT2D eigenvalue weighted by Gasteiger charge is -2.38. The van der Waals surface area contributed by atoms with Crippen molar-refractivity contribution in [3.05, 3.63) is 101 Å². The third-order valence-corrected chi connectivity index (χ3v) is 10.3. The van der Waals surface area contributed by atoms with Gasteiger partial charge in [-0.15, -0.1) is 0 Å². The second kappa shape index (κ2) is 16.2. The zero-order chi connectivity index (χ0) is 32.4. The molecule has 11 heteroatoms. The molecule has 0 aromatic heterocycles. The number of carbonyl (C=O) groups excluding carboxylic acids is 1. The minimum atomic E-state index is -3.64. The molecule has 1 saturated heterocycles. The zero-order valence-corrected chi connectivity index (χ0v) is 27.4. The number of carboxylic acids is 1. The maximum Gasteiger partial charge on any atom is 0.410 e. The van der Waals surface area contributed by atoms with Crippen LogP contribution in [0.2, 0.25) is 5.02 Å².